The van der Waals surface area contributed by atoms with Crippen LogP contribution in [0.25, 0.3) is 33.7 Å². The first-order valence-electron chi connectivity index (χ1n) is 6.76. The van der Waals surface area contributed by atoms with Crippen LogP contribution in [0.2, 0.25) is 5.02 Å². The van der Waals surface area contributed by atoms with Gasteiger partial charge in [0.05, 0.1) is 0 Å². The third kappa shape index (κ3) is 1.92. The lowest BCUT2D eigenvalue weighted by molar-refractivity contribution is 0.608. The van der Waals surface area contributed by atoms with E-state index < -0.39 is 0 Å². The molecule has 110 valence electrons. The zero-order chi connectivity index (χ0) is 15.3. The molecular formula is C15H12ClN5O. The average molecular weight is 314 g/mol. The van der Waals surface area contributed by atoms with E-state index in [9.17, 15) is 0 Å². The minimum Gasteiger partial charge on any atom is -0.418 e. The van der Waals surface area contributed by atoms with E-state index in [2.05, 4.69) is 25.3 Å². The lowest BCUT2D eigenvalue weighted by atomic mass is 10.2. The molecule has 0 atom stereocenters. The Balaban J connectivity index is 2.00. The van der Waals surface area contributed by atoms with Crippen molar-refractivity contribution in [1.82, 2.24) is 19.9 Å². The molecular weight excluding hydrogens is 302 g/mol. The second-order valence-electron chi connectivity index (χ2n) is 4.94. The molecule has 1 aromatic carbocycles. The van der Waals surface area contributed by atoms with Crippen LogP contribution in [0.3, 0.4) is 0 Å². The van der Waals surface area contributed by atoms with Crippen LogP contribution < -0.4 is 5.32 Å². The normalized spacial score (nSPS) is 11.4. The zero-order valence-electron chi connectivity index (χ0n) is 11.9. The van der Waals surface area contributed by atoms with E-state index in [0.29, 0.717) is 28.0 Å². The summed E-state index contributed by atoms with van der Waals surface area (Å²) in [6.45, 7) is 1.89. The number of aromatic nitrogens is 4. The van der Waals surface area contributed by atoms with E-state index in [1.54, 1.807) is 19.2 Å². The Kier molecular flexibility index (Phi) is 2.80. The first kappa shape index (κ1) is 13.1. The first-order chi connectivity index (χ1) is 10.7. The highest BCUT2D eigenvalue weighted by molar-refractivity contribution is 6.30. The molecule has 0 aliphatic heterocycles. The quantitative estimate of drug-likeness (QED) is 0.589. The van der Waals surface area contributed by atoms with Crippen molar-refractivity contribution < 1.29 is 4.42 Å². The van der Waals surface area contributed by atoms with Crippen molar-refractivity contribution in [2.75, 3.05) is 12.4 Å². The van der Waals surface area contributed by atoms with E-state index in [-0.39, 0.29) is 0 Å². The number of pyridine rings is 1. The minimum atomic E-state index is 0.452. The summed E-state index contributed by atoms with van der Waals surface area (Å²) in [5.74, 6) is 1.98. The molecule has 7 heteroatoms. The number of anilines is 1. The molecule has 0 saturated carbocycles. The number of benzene rings is 1. The molecule has 22 heavy (non-hydrogen) atoms. The van der Waals surface area contributed by atoms with Crippen LogP contribution >= 0.6 is 11.6 Å². The Labute approximate surface area is 130 Å². The fourth-order valence-corrected chi connectivity index (χ4v) is 2.56. The average Bonchev–Trinajstić information content (AvgIpc) is 3.09. The van der Waals surface area contributed by atoms with E-state index in [1.807, 2.05) is 19.1 Å². The molecule has 0 unspecified atom stereocenters. The van der Waals surface area contributed by atoms with Gasteiger partial charge < -0.3 is 14.7 Å². The number of halogens is 1. The molecule has 0 fully saturated rings. The van der Waals surface area contributed by atoms with Crippen molar-refractivity contribution in [1.29, 1.82) is 0 Å². The summed E-state index contributed by atoms with van der Waals surface area (Å²) in [5, 5.41) is 3.71. The predicted octanol–water partition coefficient (Wildman–Crippen LogP) is 3.77. The number of hydrogen-bond acceptors (Lipinski definition) is 5. The van der Waals surface area contributed by atoms with Crippen molar-refractivity contribution in [2.24, 2.45) is 0 Å². The number of oxazole rings is 1. The number of aryl methyl sites for hydroxylation is 1. The van der Waals surface area contributed by atoms with E-state index in [1.165, 1.54) is 0 Å². The monoisotopic (exact) mass is 313 g/mol. The summed E-state index contributed by atoms with van der Waals surface area (Å²) in [5.41, 5.74) is 3.50. The summed E-state index contributed by atoms with van der Waals surface area (Å²) < 4.78 is 5.79. The number of rotatable bonds is 2. The number of H-pyrrole nitrogens is 1. The standard InChI is InChI=1S/C15H12ClN5O/c1-7-18-10-11(19-7)13(17-2)21-15-12(10)20-14(22-15)8-3-5-9(16)6-4-8/h3-6H,1-2H3,(H,17,21)(H,18,19). The number of imidazole rings is 1. The SMILES string of the molecule is CNc1nc2oc(-c3ccc(Cl)cc3)nc2c2nc(C)[nH]c12. The fourth-order valence-electron chi connectivity index (χ4n) is 2.43. The van der Waals surface area contributed by atoms with Gasteiger partial charge in [0.15, 0.2) is 11.3 Å². The highest BCUT2D eigenvalue weighted by Crippen LogP contribution is 2.31. The van der Waals surface area contributed by atoms with Crippen molar-refractivity contribution in [3.63, 3.8) is 0 Å². The van der Waals surface area contributed by atoms with Crippen molar-refractivity contribution in [3.8, 4) is 11.5 Å². The third-order valence-corrected chi connectivity index (χ3v) is 3.69. The molecule has 0 saturated heterocycles. The summed E-state index contributed by atoms with van der Waals surface area (Å²) >= 11 is 5.91. The maximum Gasteiger partial charge on any atom is 0.251 e. The van der Waals surface area contributed by atoms with Crippen LogP contribution in [0.15, 0.2) is 28.7 Å². The lowest BCUT2D eigenvalue weighted by Crippen LogP contribution is -1.93. The second-order valence-corrected chi connectivity index (χ2v) is 5.37. The number of nitrogens with zero attached hydrogens (tertiary/aromatic N) is 3. The van der Waals surface area contributed by atoms with Crippen LogP contribution in [0.1, 0.15) is 5.82 Å². The molecule has 0 bridgehead atoms. The first-order valence-corrected chi connectivity index (χ1v) is 7.14. The molecule has 0 radical (unpaired) electrons. The second kappa shape index (κ2) is 4.71. The molecule has 0 amide bonds. The molecule has 6 nitrogen and oxygen atoms in total. The van der Waals surface area contributed by atoms with Gasteiger partial charge in [0.2, 0.25) is 5.89 Å². The van der Waals surface area contributed by atoms with E-state index in [0.717, 1.165) is 22.4 Å². The summed E-state index contributed by atoms with van der Waals surface area (Å²) in [6.07, 6.45) is 0. The molecule has 0 aliphatic rings. The molecule has 3 aromatic heterocycles. The fraction of sp³-hybridized carbons (Fsp3) is 0.133. The molecule has 0 aliphatic carbocycles. The third-order valence-electron chi connectivity index (χ3n) is 3.43. The van der Waals surface area contributed by atoms with Crippen LogP contribution in [-0.2, 0) is 0 Å². The van der Waals surface area contributed by atoms with Crippen LogP contribution in [0.5, 0.6) is 0 Å². The van der Waals surface area contributed by atoms with Gasteiger partial charge in [0.1, 0.15) is 16.9 Å². The van der Waals surface area contributed by atoms with Crippen LogP contribution in [0.4, 0.5) is 5.82 Å². The minimum absolute atomic E-state index is 0.452. The van der Waals surface area contributed by atoms with Crippen LogP contribution in [0, 0.1) is 6.92 Å². The van der Waals surface area contributed by atoms with Gasteiger partial charge in [-0.3, -0.25) is 0 Å². The Morgan fingerprint density at radius 2 is 1.86 bits per heavy atom. The van der Waals surface area contributed by atoms with Gasteiger partial charge in [-0.05, 0) is 31.2 Å². The van der Waals surface area contributed by atoms with Gasteiger partial charge in [-0.2, -0.15) is 4.98 Å². The van der Waals surface area contributed by atoms with E-state index in [4.69, 9.17) is 16.0 Å². The number of fused-ring (bicyclic) bond motifs is 3. The lowest BCUT2D eigenvalue weighted by Gasteiger charge is -1.99. The smallest absolute Gasteiger partial charge is 0.251 e. The molecule has 0 spiro atoms. The Morgan fingerprint density at radius 1 is 1.09 bits per heavy atom. The Bertz CT molecular complexity index is 987. The molecule has 3 heterocycles. The number of hydrogen-bond donors (Lipinski definition) is 2. The molecule has 2 N–H and O–H groups in total. The highest BCUT2D eigenvalue weighted by atomic mass is 35.5. The number of aromatic amines is 1. The van der Waals surface area contributed by atoms with Gasteiger partial charge in [-0.15, -0.1) is 0 Å². The Hall–Kier alpha value is -2.60. The van der Waals surface area contributed by atoms with Gasteiger partial charge in [0.25, 0.3) is 5.71 Å². The van der Waals surface area contributed by atoms with Crippen molar-refractivity contribution in [2.45, 2.75) is 6.92 Å². The molecule has 4 aromatic rings. The highest BCUT2D eigenvalue weighted by Gasteiger charge is 2.17. The maximum atomic E-state index is 5.91. The number of nitrogens with one attached hydrogen (secondary N) is 2. The van der Waals surface area contributed by atoms with Gasteiger partial charge >= 0.3 is 0 Å². The summed E-state index contributed by atoms with van der Waals surface area (Å²) in [6, 6.07) is 7.32. The summed E-state index contributed by atoms with van der Waals surface area (Å²) in [4.78, 5) is 16.7. The maximum absolute atomic E-state index is 5.91. The van der Waals surface area contributed by atoms with Crippen molar-refractivity contribution in [3.05, 3.63) is 35.1 Å². The van der Waals surface area contributed by atoms with Crippen LogP contribution in [-0.4, -0.2) is 27.0 Å². The summed E-state index contributed by atoms with van der Waals surface area (Å²) in [7, 11) is 1.81. The van der Waals surface area contributed by atoms with Gasteiger partial charge in [-0.1, -0.05) is 11.6 Å². The predicted molar refractivity (Wildman–Crippen MR) is 86.2 cm³/mol. The Morgan fingerprint density at radius 3 is 2.59 bits per heavy atom. The van der Waals surface area contributed by atoms with Crippen molar-refractivity contribution >= 4 is 39.7 Å². The van der Waals surface area contributed by atoms with Gasteiger partial charge in [-0.25, -0.2) is 9.97 Å². The topological polar surface area (TPSA) is 79.6 Å². The van der Waals surface area contributed by atoms with E-state index >= 15 is 0 Å². The van der Waals surface area contributed by atoms with Gasteiger partial charge in [0, 0.05) is 17.6 Å². The molecule has 4 rings (SSSR count). The zero-order valence-corrected chi connectivity index (χ0v) is 12.7. The largest absolute Gasteiger partial charge is 0.418 e.